The van der Waals surface area contributed by atoms with Gasteiger partial charge in [-0.3, -0.25) is 4.68 Å². The molecule has 2 aromatic rings. The van der Waals surface area contributed by atoms with Crippen LogP contribution in [0.2, 0.25) is 0 Å². The second kappa shape index (κ2) is 6.50. The van der Waals surface area contributed by atoms with Gasteiger partial charge in [0.05, 0.1) is 10.2 Å². The van der Waals surface area contributed by atoms with Crippen LogP contribution in [0.5, 0.6) is 0 Å². The van der Waals surface area contributed by atoms with Gasteiger partial charge in [-0.25, -0.2) is 4.39 Å². The summed E-state index contributed by atoms with van der Waals surface area (Å²) in [5.74, 6) is -0.230. The Morgan fingerprint density at radius 2 is 2.20 bits per heavy atom. The van der Waals surface area contributed by atoms with Crippen molar-refractivity contribution in [3.8, 4) is 0 Å². The van der Waals surface area contributed by atoms with Crippen molar-refractivity contribution in [3.63, 3.8) is 0 Å². The topological polar surface area (TPSA) is 29.9 Å². The summed E-state index contributed by atoms with van der Waals surface area (Å²) in [5, 5.41) is 7.78. The van der Waals surface area contributed by atoms with Gasteiger partial charge in [0.2, 0.25) is 0 Å². The van der Waals surface area contributed by atoms with Crippen LogP contribution in [0, 0.1) is 12.7 Å². The van der Waals surface area contributed by atoms with Gasteiger partial charge in [0.15, 0.2) is 0 Å². The predicted octanol–water partition coefficient (Wildman–Crippen LogP) is 3.52. The SMILES string of the molecule is CCNC(Cc1cc(C)nn1C)c1cccc(F)c1Br. The van der Waals surface area contributed by atoms with Crippen molar-refractivity contribution < 1.29 is 4.39 Å². The molecule has 0 amide bonds. The fourth-order valence-corrected chi connectivity index (χ4v) is 2.93. The zero-order chi connectivity index (χ0) is 14.7. The van der Waals surface area contributed by atoms with Crippen molar-refractivity contribution in [2.24, 2.45) is 7.05 Å². The van der Waals surface area contributed by atoms with E-state index in [1.807, 2.05) is 24.7 Å². The van der Waals surface area contributed by atoms with Gasteiger partial charge in [0, 0.05) is 25.2 Å². The lowest BCUT2D eigenvalue weighted by Gasteiger charge is -2.20. The molecule has 108 valence electrons. The molecule has 1 aromatic heterocycles. The highest BCUT2D eigenvalue weighted by atomic mass is 79.9. The zero-order valence-electron chi connectivity index (χ0n) is 12.0. The molecule has 1 aromatic carbocycles. The average Bonchev–Trinajstić information content (AvgIpc) is 2.71. The van der Waals surface area contributed by atoms with Crippen LogP contribution in [-0.2, 0) is 13.5 Å². The van der Waals surface area contributed by atoms with Crippen molar-refractivity contribution in [3.05, 3.63) is 51.5 Å². The Morgan fingerprint density at radius 3 is 2.80 bits per heavy atom. The van der Waals surface area contributed by atoms with E-state index < -0.39 is 0 Å². The molecule has 0 saturated heterocycles. The minimum absolute atomic E-state index is 0.0554. The normalized spacial score (nSPS) is 12.7. The number of halogens is 2. The van der Waals surface area contributed by atoms with Crippen LogP contribution < -0.4 is 5.32 Å². The molecular weight excluding hydrogens is 321 g/mol. The summed E-state index contributed by atoms with van der Waals surface area (Å²) in [7, 11) is 1.94. The highest BCUT2D eigenvalue weighted by Crippen LogP contribution is 2.28. The standard InChI is InChI=1S/C15H19BrFN3/c1-4-18-14(9-11-8-10(2)19-20(11)3)12-6-5-7-13(17)15(12)16/h5-8,14,18H,4,9H2,1-3H3. The Bertz CT molecular complexity index is 595. The number of nitrogens with zero attached hydrogens (tertiary/aromatic N) is 2. The molecule has 0 fully saturated rings. The number of likely N-dealkylation sites (N-methyl/N-ethyl adjacent to an activating group) is 1. The molecule has 20 heavy (non-hydrogen) atoms. The summed E-state index contributed by atoms with van der Waals surface area (Å²) in [4.78, 5) is 0. The van der Waals surface area contributed by atoms with E-state index in [0.717, 1.165) is 29.9 Å². The van der Waals surface area contributed by atoms with E-state index in [2.05, 4.69) is 39.3 Å². The third-order valence-electron chi connectivity index (χ3n) is 3.32. The maximum absolute atomic E-state index is 13.7. The van der Waals surface area contributed by atoms with Crippen LogP contribution in [0.4, 0.5) is 4.39 Å². The second-order valence-corrected chi connectivity index (χ2v) is 5.65. The zero-order valence-corrected chi connectivity index (χ0v) is 13.5. The smallest absolute Gasteiger partial charge is 0.137 e. The monoisotopic (exact) mass is 339 g/mol. The molecule has 0 bridgehead atoms. The van der Waals surface area contributed by atoms with Crippen molar-refractivity contribution in [2.45, 2.75) is 26.3 Å². The first-order valence-corrected chi connectivity index (χ1v) is 7.49. The van der Waals surface area contributed by atoms with Crippen molar-refractivity contribution in [1.29, 1.82) is 0 Å². The van der Waals surface area contributed by atoms with Crippen LogP contribution in [0.25, 0.3) is 0 Å². The second-order valence-electron chi connectivity index (χ2n) is 4.86. The number of hydrogen-bond acceptors (Lipinski definition) is 2. The van der Waals surface area contributed by atoms with E-state index >= 15 is 0 Å². The maximum Gasteiger partial charge on any atom is 0.137 e. The number of aromatic nitrogens is 2. The van der Waals surface area contributed by atoms with Gasteiger partial charge in [0.25, 0.3) is 0 Å². The van der Waals surface area contributed by atoms with Crippen LogP contribution >= 0.6 is 15.9 Å². The van der Waals surface area contributed by atoms with E-state index in [1.54, 1.807) is 6.07 Å². The highest BCUT2D eigenvalue weighted by molar-refractivity contribution is 9.10. The minimum atomic E-state index is -0.230. The van der Waals surface area contributed by atoms with Gasteiger partial charge in [-0.05, 0) is 47.1 Å². The van der Waals surface area contributed by atoms with Crippen LogP contribution in [0.15, 0.2) is 28.7 Å². The van der Waals surface area contributed by atoms with Gasteiger partial charge in [-0.1, -0.05) is 19.1 Å². The summed E-state index contributed by atoms with van der Waals surface area (Å²) in [6.45, 7) is 4.85. The Labute approximate surface area is 127 Å². The molecule has 0 aliphatic carbocycles. The molecule has 0 aliphatic heterocycles. The lowest BCUT2D eigenvalue weighted by Crippen LogP contribution is -2.24. The maximum atomic E-state index is 13.7. The van der Waals surface area contributed by atoms with Crippen molar-refractivity contribution >= 4 is 15.9 Å². The molecule has 3 nitrogen and oxygen atoms in total. The third kappa shape index (κ3) is 3.27. The number of nitrogens with one attached hydrogen (secondary N) is 1. The molecule has 1 N–H and O–H groups in total. The number of benzene rings is 1. The predicted molar refractivity (Wildman–Crippen MR) is 82.2 cm³/mol. The summed E-state index contributed by atoms with van der Waals surface area (Å²) < 4.78 is 16.1. The summed E-state index contributed by atoms with van der Waals surface area (Å²) >= 11 is 3.35. The Morgan fingerprint density at radius 1 is 1.45 bits per heavy atom. The molecule has 5 heteroatoms. The van der Waals surface area contributed by atoms with Crippen LogP contribution in [0.1, 0.15) is 29.9 Å². The van der Waals surface area contributed by atoms with E-state index in [0.29, 0.717) is 4.47 Å². The van der Waals surface area contributed by atoms with E-state index in [-0.39, 0.29) is 11.9 Å². The molecule has 1 atom stereocenters. The first kappa shape index (κ1) is 15.2. The Hall–Kier alpha value is -1.20. The van der Waals surface area contributed by atoms with Crippen LogP contribution in [-0.4, -0.2) is 16.3 Å². The Balaban J connectivity index is 2.31. The first-order valence-electron chi connectivity index (χ1n) is 6.69. The van der Waals surface area contributed by atoms with Gasteiger partial charge in [-0.2, -0.15) is 5.10 Å². The van der Waals surface area contributed by atoms with E-state index in [9.17, 15) is 4.39 Å². The summed E-state index contributed by atoms with van der Waals surface area (Å²) in [6.07, 6.45) is 0.771. The van der Waals surface area contributed by atoms with Gasteiger partial charge in [-0.15, -0.1) is 0 Å². The molecular formula is C15H19BrFN3. The van der Waals surface area contributed by atoms with Crippen molar-refractivity contribution in [2.75, 3.05) is 6.54 Å². The summed E-state index contributed by atoms with van der Waals surface area (Å²) in [5.41, 5.74) is 3.06. The van der Waals surface area contributed by atoms with Gasteiger partial charge in [0.1, 0.15) is 5.82 Å². The molecule has 1 heterocycles. The van der Waals surface area contributed by atoms with Gasteiger partial charge >= 0.3 is 0 Å². The molecule has 1 unspecified atom stereocenters. The number of rotatable bonds is 5. The fourth-order valence-electron chi connectivity index (χ4n) is 2.39. The van der Waals surface area contributed by atoms with Crippen molar-refractivity contribution in [1.82, 2.24) is 15.1 Å². The lowest BCUT2D eigenvalue weighted by molar-refractivity contribution is 0.520. The largest absolute Gasteiger partial charge is 0.310 e. The fraction of sp³-hybridized carbons (Fsp3) is 0.400. The average molecular weight is 340 g/mol. The molecule has 0 spiro atoms. The minimum Gasteiger partial charge on any atom is -0.310 e. The number of aryl methyl sites for hydroxylation is 2. The summed E-state index contributed by atoms with van der Waals surface area (Å²) in [6, 6.07) is 7.28. The third-order valence-corrected chi connectivity index (χ3v) is 4.16. The molecule has 0 radical (unpaired) electrons. The Kier molecular flexibility index (Phi) is 4.94. The van der Waals surface area contributed by atoms with Gasteiger partial charge < -0.3 is 5.32 Å². The van der Waals surface area contributed by atoms with E-state index in [4.69, 9.17) is 0 Å². The quantitative estimate of drug-likeness (QED) is 0.903. The van der Waals surface area contributed by atoms with E-state index in [1.165, 1.54) is 6.07 Å². The molecule has 0 aliphatic rings. The molecule has 0 saturated carbocycles. The number of hydrogen-bond donors (Lipinski definition) is 1. The molecule has 2 rings (SSSR count). The van der Waals surface area contributed by atoms with Crippen LogP contribution in [0.3, 0.4) is 0 Å². The lowest BCUT2D eigenvalue weighted by atomic mass is 10.0. The highest BCUT2D eigenvalue weighted by Gasteiger charge is 2.18. The first-order chi connectivity index (χ1) is 9.52.